The summed E-state index contributed by atoms with van der Waals surface area (Å²) in [6, 6.07) is 3.77. The fourth-order valence-electron chi connectivity index (χ4n) is 1.50. The van der Waals surface area contributed by atoms with E-state index in [1.165, 1.54) is 4.68 Å². The Labute approximate surface area is 132 Å². The van der Waals surface area contributed by atoms with Crippen molar-refractivity contribution in [1.82, 2.24) is 14.9 Å². The molecule has 0 saturated carbocycles. The van der Waals surface area contributed by atoms with Crippen LogP contribution in [0.3, 0.4) is 0 Å². The molecule has 0 atom stereocenters. The fraction of sp³-hybridized carbons (Fsp3) is 0.182. The van der Waals surface area contributed by atoms with Gasteiger partial charge in [0.25, 0.3) is 5.95 Å². The average Bonchev–Trinajstić information content (AvgIpc) is 2.70. The summed E-state index contributed by atoms with van der Waals surface area (Å²) >= 11 is 6.84. The Bertz CT molecular complexity index is 655. The lowest BCUT2D eigenvalue weighted by Crippen LogP contribution is -2.13. The highest BCUT2D eigenvalue weighted by Gasteiger charge is 2.08. The minimum Gasteiger partial charge on any atom is -0.495 e. The molecule has 0 spiro atoms. The highest BCUT2D eigenvalue weighted by Crippen LogP contribution is 2.31. The number of halogens is 2. The van der Waals surface area contributed by atoms with Crippen molar-refractivity contribution in [1.29, 1.82) is 0 Å². The molecule has 9 heteroatoms. The second-order valence-electron chi connectivity index (χ2n) is 3.82. The Hall–Kier alpha value is -1.61. The monoisotopic (exact) mass is 402 g/mol. The Morgan fingerprint density at radius 3 is 2.75 bits per heavy atom. The fourth-order valence-corrected chi connectivity index (χ4v) is 2.92. The van der Waals surface area contributed by atoms with Gasteiger partial charge in [-0.05, 0) is 35.0 Å². The zero-order valence-corrected chi connectivity index (χ0v) is 13.9. The highest BCUT2D eigenvalue weighted by molar-refractivity contribution is 9.11. The lowest BCUT2D eigenvalue weighted by molar-refractivity contribution is 0.411. The number of nitrogens with zero attached hydrogens (tertiary/aromatic N) is 4. The molecule has 20 heavy (non-hydrogen) atoms. The van der Waals surface area contributed by atoms with E-state index in [1.54, 1.807) is 20.2 Å². The predicted molar refractivity (Wildman–Crippen MR) is 84.5 cm³/mol. The van der Waals surface area contributed by atoms with Crippen molar-refractivity contribution < 1.29 is 4.74 Å². The number of rotatable bonds is 4. The van der Waals surface area contributed by atoms with E-state index in [-0.39, 0.29) is 0 Å². The van der Waals surface area contributed by atoms with Gasteiger partial charge in [0.1, 0.15) is 5.75 Å². The third-order valence-electron chi connectivity index (χ3n) is 2.48. The molecule has 3 N–H and O–H groups in total. The van der Waals surface area contributed by atoms with Crippen LogP contribution in [0.25, 0.3) is 0 Å². The van der Waals surface area contributed by atoms with Crippen LogP contribution >= 0.6 is 31.9 Å². The summed E-state index contributed by atoms with van der Waals surface area (Å²) in [4.78, 5) is 0. The third kappa shape index (κ3) is 3.10. The van der Waals surface area contributed by atoms with Crippen LogP contribution in [0.5, 0.6) is 5.75 Å². The van der Waals surface area contributed by atoms with Crippen LogP contribution in [-0.4, -0.2) is 28.2 Å². The number of methoxy groups -OCH3 is 1. The molecule has 0 radical (unpaired) electrons. The smallest absolute Gasteiger partial charge is 0.263 e. The van der Waals surface area contributed by atoms with E-state index in [1.807, 2.05) is 12.1 Å². The first kappa shape index (κ1) is 14.8. The van der Waals surface area contributed by atoms with Gasteiger partial charge < -0.3 is 10.6 Å². The molecule has 0 unspecified atom stereocenters. The summed E-state index contributed by atoms with van der Waals surface area (Å²) in [5.74, 6) is 7.33. The molecule has 0 aliphatic rings. The number of aryl methyl sites for hydroxylation is 1. The van der Waals surface area contributed by atoms with Crippen LogP contribution in [0.15, 0.2) is 26.2 Å². The summed E-state index contributed by atoms with van der Waals surface area (Å²) in [7, 11) is 1.60. The SMILES string of the molecule is COc1c(Br)cc(Br)cc1C=NNc1nnc(C)n1N. The summed E-state index contributed by atoms with van der Waals surface area (Å²) in [6.07, 6.45) is 1.61. The molecule has 7 nitrogen and oxygen atoms in total. The van der Waals surface area contributed by atoms with Crippen molar-refractivity contribution in [3.05, 3.63) is 32.5 Å². The van der Waals surface area contributed by atoms with Gasteiger partial charge in [-0.25, -0.2) is 10.1 Å². The number of nitrogens with one attached hydrogen (secondary N) is 1. The quantitative estimate of drug-likeness (QED) is 0.464. The zero-order valence-electron chi connectivity index (χ0n) is 10.8. The van der Waals surface area contributed by atoms with Crippen LogP contribution in [0.4, 0.5) is 5.95 Å². The lowest BCUT2D eigenvalue weighted by Gasteiger charge is -2.07. The van der Waals surface area contributed by atoms with Gasteiger partial charge in [-0.3, -0.25) is 0 Å². The van der Waals surface area contributed by atoms with E-state index in [2.05, 4.69) is 52.6 Å². The second-order valence-corrected chi connectivity index (χ2v) is 5.59. The van der Waals surface area contributed by atoms with Gasteiger partial charge in [0.15, 0.2) is 5.82 Å². The van der Waals surface area contributed by atoms with Crippen molar-refractivity contribution in [2.24, 2.45) is 5.10 Å². The van der Waals surface area contributed by atoms with Gasteiger partial charge in [0.05, 0.1) is 17.8 Å². The van der Waals surface area contributed by atoms with Crippen LogP contribution < -0.4 is 16.0 Å². The molecule has 1 aromatic carbocycles. The maximum absolute atomic E-state index is 5.70. The van der Waals surface area contributed by atoms with Gasteiger partial charge >= 0.3 is 0 Å². The van der Waals surface area contributed by atoms with Gasteiger partial charge in [0.2, 0.25) is 0 Å². The number of ether oxygens (including phenoxy) is 1. The zero-order chi connectivity index (χ0) is 14.7. The van der Waals surface area contributed by atoms with Crippen molar-refractivity contribution in [3.8, 4) is 5.75 Å². The second kappa shape index (κ2) is 6.23. The molecule has 106 valence electrons. The van der Waals surface area contributed by atoms with Gasteiger partial charge in [-0.15, -0.1) is 10.2 Å². The van der Waals surface area contributed by atoms with E-state index >= 15 is 0 Å². The first-order chi connectivity index (χ1) is 9.52. The number of hydrazone groups is 1. The number of nitrogen functional groups attached to an aromatic ring is 1. The number of benzene rings is 1. The van der Waals surface area contributed by atoms with Crippen molar-refractivity contribution >= 4 is 44.0 Å². The van der Waals surface area contributed by atoms with E-state index < -0.39 is 0 Å². The largest absolute Gasteiger partial charge is 0.495 e. The Kier molecular flexibility index (Phi) is 4.61. The topological polar surface area (TPSA) is 90.3 Å². The van der Waals surface area contributed by atoms with Crippen LogP contribution in [0.2, 0.25) is 0 Å². The highest BCUT2D eigenvalue weighted by atomic mass is 79.9. The molecule has 0 aliphatic heterocycles. The average molecular weight is 404 g/mol. The van der Waals surface area contributed by atoms with E-state index in [9.17, 15) is 0 Å². The minimum absolute atomic E-state index is 0.353. The molecular weight excluding hydrogens is 392 g/mol. The van der Waals surface area contributed by atoms with Crippen molar-refractivity contribution in [2.45, 2.75) is 6.92 Å². The molecule has 0 aliphatic carbocycles. The van der Waals surface area contributed by atoms with E-state index in [4.69, 9.17) is 10.6 Å². The number of nitrogens with two attached hydrogens (primary N) is 1. The first-order valence-corrected chi connectivity index (χ1v) is 7.10. The normalized spacial score (nSPS) is 11.0. The molecule has 0 saturated heterocycles. The molecule has 2 aromatic rings. The molecule has 0 bridgehead atoms. The third-order valence-corrected chi connectivity index (χ3v) is 3.52. The van der Waals surface area contributed by atoms with Crippen molar-refractivity contribution in [2.75, 3.05) is 18.4 Å². The maximum Gasteiger partial charge on any atom is 0.263 e. The van der Waals surface area contributed by atoms with Crippen molar-refractivity contribution in [3.63, 3.8) is 0 Å². The number of hydrogen-bond donors (Lipinski definition) is 2. The standard InChI is InChI=1S/C11H12Br2N6O/c1-6-16-18-11(19(6)14)17-15-5-7-3-8(12)4-9(13)10(7)20-2/h3-5H,14H2,1-2H3,(H,17,18). The van der Waals surface area contributed by atoms with E-state index in [0.29, 0.717) is 17.5 Å². The van der Waals surface area contributed by atoms with E-state index in [0.717, 1.165) is 14.5 Å². The number of anilines is 1. The van der Waals surface area contributed by atoms with Gasteiger partial charge in [0, 0.05) is 10.0 Å². The first-order valence-electron chi connectivity index (χ1n) is 5.52. The summed E-state index contributed by atoms with van der Waals surface area (Å²) < 4.78 is 8.36. The van der Waals surface area contributed by atoms with Gasteiger partial charge in [-0.2, -0.15) is 5.10 Å². The van der Waals surface area contributed by atoms with Crippen LogP contribution in [0.1, 0.15) is 11.4 Å². The molecule has 0 amide bonds. The van der Waals surface area contributed by atoms with Crippen LogP contribution in [0, 0.1) is 6.92 Å². The predicted octanol–water partition coefficient (Wildman–Crippen LogP) is 2.28. The number of hydrogen-bond acceptors (Lipinski definition) is 6. The summed E-state index contributed by atoms with van der Waals surface area (Å²) in [5.41, 5.74) is 3.51. The van der Waals surface area contributed by atoms with Gasteiger partial charge in [-0.1, -0.05) is 15.9 Å². The Morgan fingerprint density at radius 2 is 2.15 bits per heavy atom. The molecular formula is C11H12Br2N6O. The number of aromatic nitrogens is 3. The molecule has 0 fully saturated rings. The molecule has 2 rings (SSSR count). The summed E-state index contributed by atoms with van der Waals surface area (Å²) in [6.45, 7) is 1.75. The Morgan fingerprint density at radius 1 is 1.40 bits per heavy atom. The molecule has 1 aromatic heterocycles. The molecule has 1 heterocycles. The lowest BCUT2D eigenvalue weighted by atomic mass is 10.2. The van der Waals surface area contributed by atoms with Crippen LogP contribution in [-0.2, 0) is 0 Å². The summed E-state index contributed by atoms with van der Waals surface area (Å²) in [5, 5.41) is 11.7. The maximum atomic E-state index is 5.70. The Balaban J connectivity index is 2.21. The minimum atomic E-state index is 0.353.